The number of hydrogen-bond acceptors (Lipinski definition) is 4. The number of aryl methyl sites for hydroxylation is 2. The van der Waals surface area contributed by atoms with Gasteiger partial charge in [-0.25, -0.2) is 9.97 Å². The Bertz CT molecular complexity index is 504. The highest BCUT2D eigenvalue weighted by Crippen LogP contribution is 2.14. The van der Waals surface area contributed by atoms with Crippen LogP contribution in [0.15, 0.2) is 18.3 Å². The maximum Gasteiger partial charge on any atom is 0.155 e. The van der Waals surface area contributed by atoms with Gasteiger partial charge in [-0.05, 0) is 38.5 Å². The smallest absolute Gasteiger partial charge is 0.155 e. The summed E-state index contributed by atoms with van der Waals surface area (Å²) >= 11 is 0. The summed E-state index contributed by atoms with van der Waals surface area (Å²) in [5, 5.41) is 13.7. The molecule has 0 saturated carbocycles. The fraction of sp³-hybridized carbons (Fsp3) is 0.364. The quantitative estimate of drug-likeness (QED) is 0.826. The Morgan fingerprint density at radius 2 is 2.12 bits per heavy atom. The van der Waals surface area contributed by atoms with E-state index >= 15 is 0 Å². The second-order valence-corrected chi connectivity index (χ2v) is 3.74. The van der Waals surface area contributed by atoms with Crippen molar-refractivity contribution in [3.8, 4) is 5.82 Å². The van der Waals surface area contributed by atoms with Gasteiger partial charge in [-0.2, -0.15) is 4.68 Å². The monoisotopic (exact) mass is 218 g/mol. The van der Waals surface area contributed by atoms with Crippen molar-refractivity contribution in [3.63, 3.8) is 0 Å². The molecule has 0 aliphatic heterocycles. The van der Waals surface area contributed by atoms with Gasteiger partial charge in [-0.3, -0.25) is 0 Å². The van der Waals surface area contributed by atoms with E-state index in [0.29, 0.717) is 11.6 Å². The molecule has 0 amide bonds. The summed E-state index contributed by atoms with van der Waals surface area (Å²) in [5.74, 6) is 2.17. The minimum absolute atomic E-state index is 0.508. The van der Waals surface area contributed by atoms with E-state index in [1.54, 1.807) is 23.9 Å². The van der Waals surface area contributed by atoms with Gasteiger partial charge in [0.25, 0.3) is 0 Å². The van der Waals surface area contributed by atoms with Crippen molar-refractivity contribution in [2.45, 2.75) is 26.9 Å². The predicted molar refractivity (Wildman–Crippen MR) is 59.3 cm³/mol. The highest BCUT2D eigenvalue weighted by molar-refractivity contribution is 5.28. The molecule has 5 heteroatoms. The maximum absolute atomic E-state index is 9.50. The van der Waals surface area contributed by atoms with E-state index in [1.807, 2.05) is 19.9 Å². The molecule has 0 aromatic carbocycles. The van der Waals surface area contributed by atoms with E-state index in [-0.39, 0.29) is 0 Å². The van der Waals surface area contributed by atoms with E-state index in [9.17, 15) is 5.11 Å². The van der Waals surface area contributed by atoms with E-state index in [2.05, 4.69) is 15.1 Å². The Balaban J connectivity index is 2.48. The van der Waals surface area contributed by atoms with Crippen molar-refractivity contribution < 1.29 is 5.11 Å². The average Bonchev–Trinajstić information content (AvgIpc) is 2.58. The van der Waals surface area contributed by atoms with E-state index < -0.39 is 6.10 Å². The van der Waals surface area contributed by atoms with Crippen molar-refractivity contribution in [2.24, 2.45) is 0 Å². The first-order valence-electron chi connectivity index (χ1n) is 5.12. The molecule has 5 nitrogen and oxygen atoms in total. The Morgan fingerprint density at radius 1 is 1.38 bits per heavy atom. The van der Waals surface area contributed by atoms with Gasteiger partial charge < -0.3 is 5.11 Å². The summed E-state index contributed by atoms with van der Waals surface area (Å²) in [7, 11) is 0. The zero-order valence-electron chi connectivity index (χ0n) is 9.55. The van der Waals surface area contributed by atoms with Crippen LogP contribution in [-0.4, -0.2) is 24.9 Å². The molecule has 0 aliphatic rings. The maximum atomic E-state index is 9.50. The lowest BCUT2D eigenvalue weighted by molar-refractivity contribution is 0.199. The third-order valence-corrected chi connectivity index (χ3v) is 2.34. The van der Waals surface area contributed by atoms with Crippen molar-refractivity contribution in [1.82, 2.24) is 19.7 Å². The van der Waals surface area contributed by atoms with E-state index in [1.165, 1.54) is 0 Å². The number of pyridine rings is 1. The van der Waals surface area contributed by atoms with Crippen LogP contribution < -0.4 is 0 Å². The standard InChI is InChI=1S/C11H14N4O/c1-7(16)10-4-5-12-11(6-10)15-9(3)13-8(2)14-15/h4-7,16H,1-3H3/t7-/m0/s1. The van der Waals surface area contributed by atoms with Crippen molar-refractivity contribution in [3.05, 3.63) is 35.5 Å². The second kappa shape index (κ2) is 4.02. The molecule has 16 heavy (non-hydrogen) atoms. The molecule has 2 aromatic heterocycles. The molecule has 0 spiro atoms. The second-order valence-electron chi connectivity index (χ2n) is 3.74. The fourth-order valence-corrected chi connectivity index (χ4v) is 1.55. The topological polar surface area (TPSA) is 63.8 Å². The van der Waals surface area contributed by atoms with E-state index in [4.69, 9.17) is 0 Å². The van der Waals surface area contributed by atoms with Crippen LogP contribution in [0.3, 0.4) is 0 Å². The van der Waals surface area contributed by atoms with Crippen LogP contribution >= 0.6 is 0 Å². The van der Waals surface area contributed by atoms with Crippen LogP contribution in [0.25, 0.3) is 5.82 Å². The van der Waals surface area contributed by atoms with Crippen molar-refractivity contribution in [2.75, 3.05) is 0 Å². The summed E-state index contributed by atoms with van der Waals surface area (Å²) in [6.07, 6.45) is 1.15. The highest BCUT2D eigenvalue weighted by atomic mass is 16.3. The van der Waals surface area contributed by atoms with Crippen molar-refractivity contribution in [1.29, 1.82) is 0 Å². The summed E-state index contributed by atoms with van der Waals surface area (Å²) in [6, 6.07) is 3.60. The zero-order chi connectivity index (χ0) is 11.7. The van der Waals surface area contributed by atoms with Gasteiger partial charge in [0, 0.05) is 6.20 Å². The molecule has 0 radical (unpaired) electrons. The Labute approximate surface area is 93.8 Å². The number of rotatable bonds is 2. The molecule has 2 rings (SSSR count). The van der Waals surface area contributed by atoms with Gasteiger partial charge in [-0.1, -0.05) is 0 Å². The molecule has 0 fully saturated rings. The molecule has 2 aromatic rings. The van der Waals surface area contributed by atoms with Gasteiger partial charge in [-0.15, -0.1) is 5.10 Å². The van der Waals surface area contributed by atoms with Gasteiger partial charge in [0.05, 0.1) is 6.10 Å². The Hall–Kier alpha value is -1.75. The fourth-order valence-electron chi connectivity index (χ4n) is 1.55. The Kier molecular flexibility index (Phi) is 2.70. The van der Waals surface area contributed by atoms with Gasteiger partial charge >= 0.3 is 0 Å². The molecule has 2 heterocycles. The van der Waals surface area contributed by atoms with Crippen LogP contribution in [0, 0.1) is 13.8 Å². The predicted octanol–water partition coefficient (Wildman–Crippen LogP) is 1.33. The number of hydrogen-bond donors (Lipinski definition) is 1. The molecule has 1 atom stereocenters. The molecule has 0 unspecified atom stereocenters. The molecule has 0 bridgehead atoms. The summed E-state index contributed by atoms with van der Waals surface area (Å²) in [5.41, 5.74) is 0.817. The minimum atomic E-state index is -0.508. The van der Waals surface area contributed by atoms with Crippen molar-refractivity contribution >= 4 is 0 Å². The molecule has 84 valence electrons. The van der Waals surface area contributed by atoms with Crippen LogP contribution in [0.2, 0.25) is 0 Å². The third-order valence-electron chi connectivity index (χ3n) is 2.34. The largest absolute Gasteiger partial charge is 0.389 e. The SMILES string of the molecule is Cc1nc(C)n(-c2cc([C@H](C)O)ccn2)n1. The molecular formula is C11H14N4O. The van der Waals surface area contributed by atoms with Gasteiger partial charge in [0.2, 0.25) is 0 Å². The van der Waals surface area contributed by atoms with Gasteiger partial charge in [0.1, 0.15) is 11.6 Å². The zero-order valence-corrected chi connectivity index (χ0v) is 9.55. The highest BCUT2D eigenvalue weighted by Gasteiger charge is 2.08. The lowest BCUT2D eigenvalue weighted by Crippen LogP contribution is -2.03. The summed E-state index contributed by atoms with van der Waals surface area (Å²) in [4.78, 5) is 8.43. The molecule has 0 saturated heterocycles. The molecule has 0 aliphatic carbocycles. The lowest BCUT2D eigenvalue weighted by atomic mass is 10.2. The van der Waals surface area contributed by atoms with Gasteiger partial charge in [0.15, 0.2) is 5.82 Å². The normalized spacial score (nSPS) is 12.8. The van der Waals surface area contributed by atoms with Crippen LogP contribution in [0.5, 0.6) is 0 Å². The number of aromatic nitrogens is 4. The number of aliphatic hydroxyl groups is 1. The minimum Gasteiger partial charge on any atom is -0.389 e. The van der Waals surface area contributed by atoms with Crippen LogP contribution in [-0.2, 0) is 0 Å². The Morgan fingerprint density at radius 3 is 2.69 bits per heavy atom. The average molecular weight is 218 g/mol. The van der Waals surface area contributed by atoms with E-state index in [0.717, 1.165) is 11.4 Å². The number of nitrogens with zero attached hydrogens (tertiary/aromatic N) is 4. The van der Waals surface area contributed by atoms with Crippen LogP contribution in [0.1, 0.15) is 30.2 Å². The summed E-state index contributed by atoms with van der Waals surface area (Å²) in [6.45, 7) is 5.43. The lowest BCUT2D eigenvalue weighted by Gasteiger charge is -2.07. The first-order chi connectivity index (χ1) is 7.58. The van der Waals surface area contributed by atoms with Crippen LogP contribution in [0.4, 0.5) is 0 Å². The first kappa shape index (κ1) is 10.8. The molecule has 1 N–H and O–H groups in total. The summed E-state index contributed by atoms with van der Waals surface area (Å²) < 4.78 is 1.67. The molecular weight excluding hydrogens is 204 g/mol. The third kappa shape index (κ3) is 1.94. The first-order valence-corrected chi connectivity index (χ1v) is 5.12. The number of aliphatic hydroxyl groups excluding tert-OH is 1.